The number of ketones is 2. The summed E-state index contributed by atoms with van der Waals surface area (Å²) in [5.74, 6) is -0.748. The molecule has 0 bridgehead atoms. The van der Waals surface area contributed by atoms with Gasteiger partial charge in [-0.2, -0.15) is 5.10 Å². The molecule has 14 heteroatoms. The van der Waals surface area contributed by atoms with E-state index in [4.69, 9.17) is 9.47 Å². The average Bonchev–Trinajstić information content (AvgIpc) is 3.75. The van der Waals surface area contributed by atoms with E-state index in [1.807, 2.05) is 30.3 Å². The Hall–Kier alpha value is -6.05. The highest BCUT2D eigenvalue weighted by Gasteiger charge is 2.45. The molecular weight excluding hydrogens is 692 g/mol. The first-order valence-corrected chi connectivity index (χ1v) is 18.0. The molecular formula is C40H44N6O8. The zero-order valence-electron chi connectivity index (χ0n) is 30.7. The van der Waals surface area contributed by atoms with E-state index in [1.54, 1.807) is 38.6 Å². The Morgan fingerprint density at radius 2 is 1.65 bits per heavy atom. The number of methoxy groups -OCH3 is 2. The van der Waals surface area contributed by atoms with Crippen LogP contribution in [0.4, 0.5) is 0 Å². The topological polar surface area (TPSA) is 180 Å². The van der Waals surface area contributed by atoms with Gasteiger partial charge in [0.2, 0.25) is 11.8 Å². The third-order valence-corrected chi connectivity index (χ3v) is 10.1. The molecule has 6 rings (SSSR count). The van der Waals surface area contributed by atoms with Crippen molar-refractivity contribution in [3.8, 4) is 11.5 Å². The maximum atomic E-state index is 13.3. The Balaban J connectivity index is 0.932. The van der Waals surface area contributed by atoms with Gasteiger partial charge in [0, 0.05) is 62.3 Å². The van der Waals surface area contributed by atoms with Crippen LogP contribution in [0.5, 0.6) is 11.5 Å². The fourth-order valence-electron chi connectivity index (χ4n) is 7.24. The smallest absolute Gasteiger partial charge is 0.262 e. The number of rotatable bonds is 15. The summed E-state index contributed by atoms with van der Waals surface area (Å²) in [4.78, 5) is 78.8. The summed E-state index contributed by atoms with van der Waals surface area (Å²) in [6.07, 6.45) is 6.02. The van der Waals surface area contributed by atoms with Crippen molar-refractivity contribution in [3.63, 3.8) is 0 Å². The Kier molecular flexibility index (Phi) is 11.4. The fourth-order valence-corrected chi connectivity index (χ4v) is 7.24. The van der Waals surface area contributed by atoms with Gasteiger partial charge < -0.3 is 25.0 Å². The second-order valence-corrected chi connectivity index (χ2v) is 13.6. The van der Waals surface area contributed by atoms with Crippen LogP contribution < -0.4 is 20.1 Å². The van der Waals surface area contributed by atoms with E-state index in [-0.39, 0.29) is 60.8 Å². The number of fused-ring (bicyclic) bond motifs is 2. The molecule has 0 spiro atoms. The van der Waals surface area contributed by atoms with Crippen LogP contribution in [0.15, 0.2) is 49.3 Å². The number of carbonyl (C=O) groups excluding carboxylic acids is 6. The average molecular weight is 737 g/mol. The van der Waals surface area contributed by atoms with Crippen molar-refractivity contribution < 1.29 is 38.2 Å². The number of imide groups is 1. The van der Waals surface area contributed by atoms with Gasteiger partial charge in [0.05, 0.1) is 55.4 Å². The van der Waals surface area contributed by atoms with E-state index in [2.05, 4.69) is 27.4 Å². The summed E-state index contributed by atoms with van der Waals surface area (Å²) >= 11 is 0. The van der Waals surface area contributed by atoms with Gasteiger partial charge in [0.15, 0.2) is 5.78 Å². The highest BCUT2D eigenvalue weighted by atomic mass is 16.5. The highest BCUT2D eigenvalue weighted by Crippen LogP contribution is 2.40. The van der Waals surface area contributed by atoms with Gasteiger partial charge in [-0.1, -0.05) is 18.7 Å². The maximum Gasteiger partial charge on any atom is 0.262 e. The van der Waals surface area contributed by atoms with Crippen LogP contribution in [-0.2, 0) is 32.0 Å². The Morgan fingerprint density at radius 3 is 2.33 bits per heavy atom. The lowest BCUT2D eigenvalue weighted by atomic mass is 9.92. The maximum absolute atomic E-state index is 13.3. The number of amides is 4. The van der Waals surface area contributed by atoms with Crippen LogP contribution in [0.25, 0.3) is 11.3 Å². The van der Waals surface area contributed by atoms with Crippen molar-refractivity contribution in [2.24, 2.45) is 0 Å². The number of hydrogen-bond donors (Lipinski definition) is 3. The third kappa shape index (κ3) is 7.68. The van der Waals surface area contributed by atoms with Crippen molar-refractivity contribution in [2.45, 2.75) is 63.8 Å². The van der Waals surface area contributed by atoms with Crippen molar-refractivity contribution in [1.29, 1.82) is 0 Å². The normalized spacial score (nSPS) is 16.6. The quantitative estimate of drug-likeness (QED) is 0.119. The van der Waals surface area contributed by atoms with Crippen LogP contribution in [-0.4, -0.2) is 95.6 Å². The molecule has 1 aromatic heterocycles. The third-order valence-electron chi connectivity index (χ3n) is 10.1. The van der Waals surface area contributed by atoms with Gasteiger partial charge in [-0.3, -0.25) is 38.8 Å². The van der Waals surface area contributed by atoms with Gasteiger partial charge in [-0.25, -0.2) is 0 Å². The number of nitrogens with one attached hydrogen (secondary N) is 3. The number of ether oxygens (including phenoxy) is 2. The number of aromatic nitrogens is 2. The van der Waals surface area contributed by atoms with Gasteiger partial charge in [-0.15, -0.1) is 0 Å². The summed E-state index contributed by atoms with van der Waals surface area (Å²) < 4.78 is 11.5. The fraction of sp³-hybridized carbons (Fsp3) is 0.375. The first-order valence-electron chi connectivity index (χ1n) is 18.0. The lowest BCUT2D eigenvalue weighted by molar-refractivity contribution is -0.132. The van der Waals surface area contributed by atoms with Gasteiger partial charge in [0.25, 0.3) is 11.8 Å². The summed E-state index contributed by atoms with van der Waals surface area (Å²) in [5.41, 5.74) is 6.27. The van der Waals surface area contributed by atoms with Crippen molar-refractivity contribution in [3.05, 3.63) is 88.4 Å². The van der Waals surface area contributed by atoms with Crippen LogP contribution in [0.2, 0.25) is 0 Å². The van der Waals surface area contributed by atoms with Crippen LogP contribution in [0.3, 0.4) is 0 Å². The second-order valence-electron chi connectivity index (χ2n) is 13.6. The zero-order chi connectivity index (χ0) is 38.5. The molecule has 1 saturated carbocycles. The number of aryl methyl sites for hydroxylation is 1. The Labute approximate surface area is 312 Å². The van der Waals surface area contributed by atoms with E-state index < -0.39 is 23.6 Å². The Bertz CT molecular complexity index is 2040. The molecule has 3 aromatic rings. The summed E-state index contributed by atoms with van der Waals surface area (Å²) in [6, 6.07) is 7.87. The molecule has 1 unspecified atom stereocenters. The minimum Gasteiger partial charge on any atom is -0.496 e. The van der Waals surface area contributed by atoms with Crippen molar-refractivity contribution >= 4 is 46.5 Å². The number of nitrogens with zero attached hydrogens (tertiary/aromatic N) is 3. The molecule has 0 saturated heterocycles. The lowest BCUT2D eigenvalue weighted by Gasteiger charge is -2.27. The predicted octanol–water partition coefficient (Wildman–Crippen LogP) is 3.60. The van der Waals surface area contributed by atoms with E-state index >= 15 is 0 Å². The minimum absolute atomic E-state index is 0.0871. The predicted molar refractivity (Wildman–Crippen MR) is 199 cm³/mol. The Morgan fingerprint density at radius 1 is 0.944 bits per heavy atom. The second kappa shape index (κ2) is 16.3. The standard InChI is InChI=1S/C40H44N6O8/c1-23-38-29(21-43-44-38)30(22-45(23)2)25-18-33(53-3)27(34(19-25)54-4)9-6-11-35(49)41-16-7-17-42-36(50)15-12-24-8-5-10-28-37(24)40(52)46(39(28)51)31-14-13-26(47)20-32(31)48/h5,8,10,18-19,21-22,31H,1,6-7,9,11-17,20H2,2-4H3,(H,41,49)(H,42,50)(H,43,44). The molecule has 14 nitrogen and oxygen atoms in total. The monoisotopic (exact) mass is 736 g/mol. The molecule has 3 N–H and O–H groups in total. The molecule has 3 heterocycles. The number of Topliss-reactive ketones (excluding diaryl/α,β-unsaturated/α-hetero) is 2. The number of H-pyrrole nitrogens is 1. The number of carbonyl (C=O) groups is 6. The van der Waals surface area contributed by atoms with Gasteiger partial charge in [-0.05, 0) is 61.4 Å². The first-order chi connectivity index (χ1) is 26.0. The lowest BCUT2D eigenvalue weighted by Crippen LogP contribution is -2.47. The molecule has 1 aliphatic carbocycles. The largest absolute Gasteiger partial charge is 0.496 e. The van der Waals surface area contributed by atoms with Crippen LogP contribution in [0.1, 0.15) is 93.6 Å². The first kappa shape index (κ1) is 37.7. The van der Waals surface area contributed by atoms with Gasteiger partial charge >= 0.3 is 0 Å². The molecule has 54 heavy (non-hydrogen) atoms. The molecule has 4 amide bonds. The molecule has 2 aromatic carbocycles. The number of aromatic amines is 1. The number of hydrogen-bond acceptors (Lipinski definition) is 10. The summed E-state index contributed by atoms with van der Waals surface area (Å²) in [7, 11) is 5.14. The number of benzene rings is 2. The summed E-state index contributed by atoms with van der Waals surface area (Å²) in [6.45, 7) is 4.86. The molecule has 1 fully saturated rings. The van der Waals surface area contributed by atoms with Crippen LogP contribution >= 0.6 is 0 Å². The van der Waals surface area contributed by atoms with E-state index in [9.17, 15) is 28.8 Å². The molecule has 3 aliphatic rings. The van der Waals surface area contributed by atoms with Crippen molar-refractivity contribution in [2.75, 3.05) is 34.4 Å². The van der Waals surface area contributed by atoms with E-state index in [0.717, 1.165) is 38.6 Å². The minimum atomic E-state index is -0.946. The van der Waals surface area contributed by atoms with Gasteiger partial charge in [0.1, 0.15) is 17.3 Å². The highest BCUT2D eigenvalue weighted by molar-refractivity contribution is 6.24. The van der Waals surface area contributed by atoms with E-state index in [1.165, 1.54) is 0 Å². The SMILES string of the molecule is C=C1c2[nH]ncc2C(c2cc(OC)c(CCCC(=O)NCCCNC(=O)CCc3cccc4c3C(=O)N(C3CCC(=O)CC3=O)C4=O)c(OC)c2)=CN1C. The molecule has 282 valence electrons. The van der Waals surface area contributed by atoms with E-state index in [0.29, 0.717) is 55.8 Å². The molecule has 1 atom stereocenters. The summed E-state index contributed by atoms with van der Waals surface area (Å²) in [5, 5.41) is 13.0. The zero-order valence-corrected chi connectivity index (χ0v) is 30.7. The molecule has 0 radical (unpaired) electrons. The van der Waals surface area contributed by atoms with Crippen LogP contribution in [0, 0.1) is 0 Å². The molecule has 2 aliphatic heterocycles. The van der Waals surface area contributed by atoms with Crippen molar-refractivity contribution in [1.82, 2.24) is 30.6 Å².